The van der Waals surface area contributed by atoms with E-state index in [1.807, 2.05) is 116 Å². The Morgan fingerprint density at radius 3 is 2.14 bits per heavy atom. The van der Waals surface area contributed by atoms with Crippen LogP contribution in [0.25, 0.3) is 16.0 Å². The number of fused-ring (bicyclic) bond motifs is 2. The Balaban J connectivity index is 0.657. The molecule has 0 spiro atoms. The van der Waals surface area contributed by atoms with Crippen molar-refractivity contribution in [3.05, 3.63) is 160 Å². The summed E-state index contributed by atoms with van der Waals surface area (Å²) < 4.78 is 101. The summed E-state index contributed by atoms with van der Waals surface area (Å²) in [5, 5.41) is 17.7. The van der Waals surface area contributed by atoms with Gasteiger partial charge in [0.15, 0.2) is 0 Å². The number of anilines is 2. The Morgan fingerprint density at radius 2 is 1.47 bits per heavy atom. The highest BCUT2D eigenvalue weighted by molar-refractivity contribution is 7.99. The molecule has 0 radical (unpaired) electrons. The number of sulfone groups is 1. The maximum atomic E-state index is 14.6. The van der Waals surface area contributed by atoms with Gasteiger partial charge in [-0.15, -0.1) is 23.1 Å². The summed E-state index contributed by atoms with van der Waals surface area (Å²) in [4.78, 5) is 70.3. The summed E-state index contributed by atoms with van der Waals surface area (Å²) in [5.74, 6) is -1.55. The van der Waals surface area contributed by atoms with E-state index >= 15 is 0 Å². The molecule has 0 saturated carbocycles. The topological polar surface area (TPSA) is 222 Å². The van der Waals surface area contributed by atoms with Crippen molar-refractivity contribution in [2.45, 2.75) is 181 Å². The van der Waals surface area contributed by atoms with E-state index in [1.54, 1.807) is 28.4 Å². The molecule has 26 heteroatoms. The number of thiazole rings is 1. The summed E-state index contributed by atoms with van der Waals surface area (Å²) in [6.07, 6.45) is 9.92. The van der Waals surface area contributed by atoms with Crippen LogP contribution in [0.15, 0.2) is 147 Å². The molecule has 0 unspecified atom stereocenters. The fraction of sp³-hybridized carbons (Fsp3) is 0.494. The second-order valence-electron chi connectivity index (χ2n) is 29.2. The van der Waals surface area contributed by atoms with Gasteiger partial charge in [-0.05, 0) is 160 Å². The first kappa shape index (κ1) is 77.3. The van der Waals surface area contributed by atoms with Crippen LogP contribution in [0.3, 0.4) is 0 Å². The molecule has 11 rings (SSSR count). The Labute approximate surface area is 617 Å². The molecule has 4 fully saturated rings. The Hall–Kier alpha value is -6.84. The van der Waals surface area contributed by atoms with Crippen molar-refractivity contribution in [1.82, 2.24) is 34.6 Å². The van der Waals surface area contributed by atoms with Crippen molar-refractivity contribution in [1.29, 1.82) is 0 Å². The number of nitrogens with one attached hydrogen (secondary N) is 3. The summed E-state index contributed by atoms with van der Waals surface area (Å²) in [6.45, 7) is 15.5. The number of rotatable bonds is 28. The lowest BCUT2D eigenvalue weighted by atomic mass is 9.76. The van der Waals surface area contributed by atoms with Gasteiger partial charge in [-0.1, -0.05) is 118 Å². The van der Waals surface area contributed by atoms with Gasteiger partial charge in [0, 0.05) is 123 Å². The SMILES string of the molecule is Cc1ncsc1-c1ccc([C@H](C)NC(=O)[C@@H]2C[C@@H](O)CN2C(=O)[C@@H](CCCCCCC(=O)N2C[C@@H]3C[C@H]2CN3CC[C@H](CSc2ccccc2)Nc2ccc(S(=O)(=O)NC(=O)c3ccc(N4CCN(CC5=C(c6ccc(Cl)cc6)CCCCC5)CC4)cc3)cc2S(=O)(=O)C(F)(F)F)C(C)(C)C)cc1. The number of carbonyl (C=O) groups is 4. The normalized spacial score (nSPS) is 20.2. The van der Waals surface area contributed by atoms with Crippen molar-refractivity contribution in [3.8, 4) is 10.4 Å². The lowest BCUT2D eigenvalue weighted by molar-refractivity contribution is -0.145. The molecule has 18 nitrogen and oxygen atoms in total. The van der Waals surface area contributed by atoms with Crippen LogP contribution in [-0.2, 0) is 34.2 Å². The van der Waals surface area contributed by atoms with Crippen molar-refractivity contribution in [3.63, 3.8) is 0 Å². The molecule has 1 aromatic heterocycles. The number of allylic oxidation sites excluding steroid dienone is 1. The van der Waals surface area contributed by atoms with E-state index in [2.05, 4.69) is 42.5 Å². The summed E-state index contributed by atoms with van der Waals surface area (Å²) in [7, 11) is -11.1. The lowest BCUT2D eigenvalue weighted by Crippen LogP contribution is -2.50. The molecule has 103 heavy (non-hydrogen) atoms. The zero-order valence-corrected chi connectivity index (χ0v) is 63.2. The zero-order valence-electron chi connectivity index (χ0n) is 59.2. The van der Waals surface area contributed by atoms with Crippen LogP contribution in [0.1, 0.15) is 151 Å². The number of nitrogens with zero attached hydrogens (tertiary/aromatic N) is 6. The molecular formula is C77H95ClF3N9O9S4. The van der Waals surface area contributed by atoms with Crippen molar-refractivity contribution >= 4 is 95.1 Å². The van der Waals surface area contributed by atoms with Crippen LogP contribution in [0.2, 0.25) is 5.02 Å². The molecule has 4 amide bonds. The summed E-state index contributed by atoms with van der Waals surface area (Å²) in [5.41, 5.74) is 2.93. The molecule has 5 aromatic carbocycles. The van der Waals surface area contributed by atoms with Crippen molar-refractivity contribution < 1.29 is 54.3 Å². The number of hydrogen-bond acceptors (Lipinski definition) is 16. The highest BCUT2D eigenvalue weighted by atomic mass is 35.5. The van der Waals surface area contributed by atoms with Crippen LogP contribution in [0, 0.1) is 18.3 Å². The number of halogens is 4. The molecule has 1 aliphatic carbocycles. The van der Waals surface area contributed by atoms with Gasteiger partial charge in [0.1, 0.15) is 10.9 Å². The molecule has 2 bridgehead atoms. The van der Waals surface area contributed by atoms with E-state index in [-0.39, 0.29) is 54.4 Å². The smallest absolute Gasteiger partial charge is 0.391 e. The average molecular weight is 1510 g/mol. The number of thioether (sulfide) groups is 1. The summed E-state index contributed by atoms with van der Waals surface area (Å²) >= 11 is 9.21. The predicted octanol–water partition coefficient (Wildman–Crippen LogP) is 13.8. The maximum absolute atomic E-state index is 14.6. The van der Waals surface area contributed by atoms with Crippen LogP contribution in [0.4, 0.5) is 24.5 Å². The molecule has 7 atom stereocenters. The number of aryl methyl sites for hydroxylation is 1. The number of aliphatic hydroxyl groups excluding tert-OH is 1. The Bertz CT molecular complexity index is 4210. The van der Waals surface area contributed by atoms with Gasteiger partial charge in [-0.2, -0.15) is 13.2 Å². The van der Waals surface area contributed by atoms with Crippen LogP contribution in [0.5, 0.6) is 0 Å². The van der Waals surface area contributed by atoms with Gasteiger partial charge in [-0.25, -0.2) is 26.5 Å². The largest absolute Gasteiger partial charge is 0.501 e. The number of likely N-dealkylation sites (tertiary alicyclic amines) is 3. The number of hydrogen-bond donors (Lipinski definition) is 4. The van der Waals surface area contributed by atoms with Gasteiger partial charge in [0.05, 0.1) is 38.8 Å². The minimum absolute atomic E-state index is 0.0271. The molecule has 4 saturated heterocycles. The second kappa shape index (κ2) is 33.7. The third kappa shape index (κ3) is 19.2. The van der Waals surface area contributed by atoms with Crippen molar-refractivity contribution in [2.75, 3.05) is 74.9 Å². The van der Waals surface area contributed by atoms with E-state index in [0.29, 0.717) is 62.2 Å². The zero-order chi connectivity index (χ0) is 73.4. The number of benzene rings is 5. The standard InChI is InChI=1S/C77H95ClF3N9O9S4/c1-51(53-22-24-55(25-23-53)72-52(2)82-50-101-72)83-74(94)69-43-63(91)48-90(69)75(95)67(76(3,4)5)20-14-6-7-15-21-71(92)89-47-61-42-62(89)46-88(61)37-36-59(49-100-64-17-11-9-12-18-64)84-68-35-34-65(44-70(68)102(96,97)77(79,80)81)103(98,99)85-73(93)56-28-32-60(33-29-56)87-40-38-86(39-41-87)45-57-16-10-8-13-19-66(57)54-26-30-58(78)31-27-54/h9,11-12,17-18,22-35,44,50-51,59,61-63,67,69,84,91H,6-8,10,13-16,19-21,36-43,45-49H2,1-5H3,(H,83,94)(H,85,93)/t51-,59+,61-,62-,63+,67+,69-/m0/s1. The molecule has 5 aliphatic rings. The number of amides is 4. The van der Waals surface area contributed by atoms with E-state index in [4.69, 9.17) is 11.6 Å². The first-order valence-electron chi connectivity index (χ1n) is 35.9. The minimum atomic E-state index is -6.17. The Morgan fingerprint density at radius 1 is 0.767 bits per heavy atom. The highest BCUT2D eigenvalue weighted by Gasteiger charge is 2.50. The molecule has 4 N–H and O–H groups in total. The van der Waals surface area contributed by atoms with Gasteiger partial charge >= 0.3 is 5.51 Å². The van der Waals surface area contributed by atoms with Crippen LogP contribution in [-0.4, -0.2) is 171 Å². The monoisotopic (exact) mass is 1510 g/mol. The average Bonchev–Trinajstić information content (AvgIpc) is 1.75. The third-order valence-electron chi connectivity index (χ3n) is 21.0. The number of aliphatic hydroxyl groups is 1. The first-order chi connectivity index (χ1) is 49.1. The lowest BCUT2D eigenvalue weighted by Gasteiger charge is -2.37. The first-order valence-corrected chi connectivity index (χ1v) is 41.1. The maximum Gasteiger partial charge on any atom is 0.501 e. The van der Waals surface area contributed by atoms with Crippen LogP contribution >= 0.6 is 34.7 Å². The number of unbranched alkanes of at least 4 members (excludes halogenated alkanes) is 3. The van der Waals surface area contributed by atoms with Gasteiger partial charge in [0.2, 0.25) is 17.7 Å². The number of alkyl halides is 3. The van der Waals surface area contributed by atoms with E-state index in [1.165, 1.54) is 47.0 Å². The number of sulfonamides is 1. The fourth-order valence-electron chi connectivity index (χ4n) is 15.2. The van der Waals surface area contributed by atoms with Crippen molar-refractivity contribution in [2.24, 2.45) is 11.3 Å². The second-order valence-corrected chi connectivity index (χ2v) is 35.2. The van der Waals surface area contributed by atoms with E-state index in [9.17, 15) is 54.3 Å². The van der Waals surface area contributed by atoms with Crippen LogP contribution < -0.4 is 20.3 Å². The van der Waals surface area contributed by atoms with Gasteiger partial charge < -0.3 is 30.4 Å². The number of carbonyl (C=O) groups excluding carboxylic acids is 4. The third-order valence-corrected chi connectivity index (χ3v) is 26.3. The Kier molecular flexibility index (Phi) is 25.3. The number of aromatic nitrogens is 1. The molecular weight excluding hydrogens is 1420 g/mol. The summed E-state index contributed by atoms with van der Waals surface area (Å²) in [6, 6.07) is 32.4. The fourth-order valence-corrected chi connectivity index (χ4v) is 19.1. The van der Waals surface area contributed by atoms with E-state index in [0.717, 1.165) is 129 Å². The molecule has 554 valence electrons. The van der Waals surface area contributed by atoms with Gasteiger partial charge in [0.25, 0.3) is 25.8 Å². The molecule has 6 aromatic rings. The van der Waals surface area contributed by atoms with Gasteiger partial charge in [-0.3, -0.25) is 29.0 Å². The minimum Gasteiger partial charge on any atom is -0.391 e. The molecule has 4 aliphatic heterocycles. The quantitative estimate of drug-likeness (QED) is 0.0265. The highest BCUT2D eigenvalue weighted by Crippen LogP contribution is 2.40. The number of piperazine rings is 2. The van der Waals surface area contributed by atoms with E-state index < -0.39 is 76.3 Å². The molecule has 5 heterocycles. The number of β-amino-alcohol motifs (C(OH)–C–C–N with tert-alkyl or cyclic N) is 1. The predicted molar refractivity (Wildman–Crippen MR) is 401 cm³/mol.